The molecule has 2 aromatic carbocycles. The van der Waals surface area contributed by atoms with Gasteiger partial charge in [0.1, 0.15) is 4.90 Å². The largest absolute Gasteiger partial charge is 0.317 e. The highest BCUT2D eigenvalue weighted by Gasteiger charge is 2.43. The molecule has 3 aromatic rings. The number of nitrogens with zero attached hydrogens (tertiary/aromatic N) is 1. The topological polar surface area (TPSA) is 145 Å². The van der Waals surface area contributed by atoms with Gasteiger partial charge in [-0.1, -0.05) is 42.5 Å². The predicted octanol–water partition coefficient (Wildman–Crippen LogP) is 1.63. The highest BCUT2D eigenvalue weighted by molar-refractivity contribution is 7.89. The Balaban J connectivity index is 1.84. The zero-order chi connectivity index (χ0) is 21.0. The molecule has 9 nitrogen and oxygen atoms in total. The van der Waals surface area contributed by atoms with Crippen LogP contribution in [-0.2, 0) is 24.4 Å². The van der Waals surface area contributed by atoms with Crippen molar-refractivity contribution >= 4 is 42.7 Å². The van der Waals surface area contributed by atoms with E-state index in [1.807, 2.05) is 0 Å². The molecule has 0 amide bonds. The van der Waals surface area contributed by atoms with Gasteiger partial charge in [0.15, 0.2) is 0 Å². The lowest BCUT2D eigenvalue weighted by Crippen LogP contribution is -2.30. The minimum atomic E-state index is -5.02. The number of hydrogen-bond donors (Lipinski definition) is 1. The molecular formula is C18H11NO8S2. The van der Waals surface area contributed by atoms with Gasteiger partial charge in [0.25, 0.3) is 10.1 Å². The van der Waals surface area contributed by atoms with E-state index in [1.54, 1.807) is 12.1 Å². The summed E-state index contributed by atoms with van der Waals surface area (Å²) in [4.78, 5) is 27.6. The molecule has 1 heterocycles. The first-order valence-electron chi connectivity index (χ1n) is 8.07. The van der Waals surface area contributed by atoms with E-state index in [9.17, 15) is 31.0 Å². The average molecular weight is 433 g/mol. The maximum absolute atomic E-state index is 12.8. The highest BCUT2D eigenvalue weighted by Crippen LogP contribution is 2.30. The number of rotatable bonds is 4. The van der Waals surface area contributed by atoms with Crippen LogP contribution in [0, 0.1) is 0 Å². The number of carbonyl (C=O) groups is 2. The molecule has 0 unspecified atom stereocenters. The van der Waals surface area contributed by atoms with Gasteiger partial charge in [-0.05, 0) is 12.1 Å². The predicted molar refractivity (Wildman–Crippen MR) is 98.7 cm³/mol. The van der Waals surface area contributed by atoms with Crippen LogP contribution in [0.4, 0.5) is 0 Å². The van der Waals surface area contributed by atoms with E-state index in [2.05, 4.69) is 4.98 Å². The third-order valence-corrected chi connectivity index (χ3v) is 6.55. The van der Waals surface area contributed by atoms with Gasteiger partial charge >= 0.3 is 10.1 Å². The first-order valence-corrected chi connectivity index (χ1v) is 10.9. The minimum Gasteiger partial charge on any atom is -0.291 e. The van der Waals surface area contributed by atoms with E-state index in [0.717, 1.165) is 6.07 Å². The Bertz CT molecular complexity index is 1380. The molecular weight excluding hydrogens is 422 g/mol. The number of aromatic nitrogens is 1. The standard InChI is InChI=1S/C18H11NO8S2/c20-15-11-6-2-3-7-12(11)16(21)17(15)27-29(25,26)18-14(28(22,23)24)9-10-5-1-4-8-13(10)19-18/h1-9,17H,(H,22,23,24). The zero-order valence-corrected chi connectivity index (χ0v) is 16.0. The van der Waals surface area contributed by atoms with Crippen LogP contribution in [0.25, 0.3) is 10.9 Å². The fourth-order valence-electron chi connectivity index (χ4n) is 3.02. The van der Waals surface area contributed by atoms with Crippen LogP contribution in [0.5, 0.6) is 0 Å². The summed E-state index contributed by atoms with van der Waals surface area (Å²) in [6, 6.07) is 12.6. The average Bonchev–Trinajstić information content (AvgIpc) is 2.91. The molecule has 0 radical (unpaired) electrons. The first-order chi connectivity index (χ1) is 13.6. The van der Waals surface area contributed by atoms with Crippen molar-refractivity contribution in [1.29, 1.82) is 0 Å². The highest BCUT2D eigenvalue weighted by atomic mass is 32.2. The third kappa shape index (κ3) is 3.23. The number of ketones is 2. The molecule has 1 aromatic heterocycles. The molecule has 148 valence electrons. The molecule has 0 bridgehead atoms. The molecule has 1 aliphatic carbocycles. The summed E-state index contributed by atoms with van der Waals surface area (Å²) < 4.78 is 63.3. The van der Waals surface area contributed by atoms with E-state index >= 15 is 0 Å². The second-order valence-electron chi connectivity index (χ2n) is 6.16. The Kier molecular flexibility index (Phi) is 4.35. The van der Waals surface area contributed by atoms with Gasteiger partial charge < -0.3 is 0 Å². The number of carbonyl (C=O) groups excluding carboxylic acids is 2. The lowest BCUT2D eigenvalue weighted by atomic mass is 10.1. The Morgan fingerprint density at radius 2 is 1.41 bits per heavy atom. The molecule has 1 aliphatic rings. The van der Waals surface area contributed by atoms with Crippen LogP contribution in [0.3, 0.4) is 0 Å². The fourth-order valence-corrected chi connectivity index (χ4v) is 5.22. The summed E-state index contributed by atoms with van der Waals surface area (Å²) >= 11 is 0. The first kappa shape index (κ1) is 19.3. The molecule has 0 atom stereocenters. The van der Waals surface area contributed by atoms with Crippen LogP contribution < -0.4 is 0 Å². The van der Waals surface area contributed by atoms with E-state index in [-0.39, 0.29) is 22.0 Å². The molecule has 0 saturated carbocycles. The Morgan fingerprint density at radius 3 is 2.00 bits per heavy atom. The molecule has 1 N–H and O–H groups in total. The Hall–Kier alpha value is -2.99. The van der Waals surface area contributed by atoms with E-state index in [0.29, 0.717) is 0 Å². The van der Waals surface area contributed by atoms with Gasteiger partial charge in [-0.2, -0.15) is 16.8 Å². The normalized spacial score (nSPS) is 15.1. The smallest absolute Gasteiger partial charge is 0.291 e. The number of Topliss-reactive ketones (excluding diaryl/α,β-unsaturated/α-hetero) is 2. The summed E-state index contributed by atoms with van der Waals surface area (Å²) in [6.07, 6.45) is -2.00. The minimum absolute atomic E-state index is 0.000765. The number of benzene rings is 2. The molecule has 0 saturated heterocycles. The number of pyridine rings is 1. The number of para-hydroxylation sites is 1. The van der Waals surface area contributed by atoms with Gasteiger partial charge in [0.2, 0.25) is 22.7 Å². The number of hydrogen-bond acceptors (Lipinski definition) is 8. The van der Waals surface area contributed by atoms with Crippen molar-refractivity contribution in [3.8, 4) is 0 Å². The second kappa shape index (κ2) is 6.52. The maximum atomic E-state index is 12.8. The quantitative estimate of drug-likeness (QED) is 0.368. The summed E-state index contributed by atoms with van der Waals surface area (Å²) in [5.41, 5.74) is 0.104. The van der Waals surface area contributed by atoms with Gasteiger partial charge in [-0.3, -0.25) is 14.1 Å². The van der Waals surface area contributed by atoms with Gasteiger partial charge in [0, 0.05) is 16.5 Å². The summed E-state index contributed by atoms with van der Waals surface area (Å²) in [6.45, 7) is 0. The van der Waals surface area contributed by atoms with Crippen LogP contribution in [0.2, 0.25) is 0 Å². The Morgan fingerprint density at radius 1 is 0.862 bits per heavy atom. The lowest BCUT2D eigenvalue weighted by molar-refractivity contribution is 0.0712. The maximum Gasteiger partial charge on any atom is 0.317 e. The molecule has 0 aliphatic heterocycles. The van der Waals surface area contributed by atoms with Crippen LogP contribution in [0.1, 0.15) is 20.7 Å². The van der Waals surface area contributed by atoms with Gasteiger partial charge in [-0.25, -0.2) is 9.17 Å². The van der Waals surface area contributed by atoms with Crippen molar-refractivity contribution in [2.45, 2.75) is 16.0 Å². The van der Waals surface area contributed by atoms with Crippen LogP contribution in [0.15, 0.2) is 64.5 Å². The molecule has 11 heteroatoms. The van der Waals surface area contributed by atoms with E-state index < -0.39 is 47.8 Å². The second-order valence-corrected chi connectivity index (χ2v) is 9.04. The monoisotopic (exact) mass is 433 g/mol. The van der Waals surface area contributed by atoms with E-state index in [1.165, 1.54) is 36.4 Å². The van der Waals surface area contributed by atoms with Gasteiger partial charge in [-0.15, -0.1) is 0 Å². The summed E-state index contributed by atoms with van der Waals surface area (Å²) in [5.74, 6) is -1.74. The molecule has 29 heavy (non-hydrogen) atoms. The summed E-state index contributed by atoms with van der Waals surface area (Å²) in [5, 5.41) is -0.866. The van der Waals surface area contributed by atoms with Gasteiger partial charge in [0.05, 0.1) is 5.52 Å². The van der Waals surface area contributed by atoms with Crippen molar-refractivity contribution in [1.82, 2.24) is 4.98 Å². The molecule has 0 fully saturated rings. The fraction of sp³-hybridized carbons (Fsp3) is 0.0556. The van der Waals surface area contributed by atoms with Crippen molar-refractivity contribution < 1.29 is 35.2 Å². The molecule has 4 rings (SSSR count). The van der Waals surface area contributed by atoms with Crippen molar-refractivity contribution in [3.63, 3.8) is 0 Å². The molecule has 0 spiro atoms. The SMILES string of the molecule is O=C1c2ccccc2C(=O)C1OS(=O)(=O)c1nc2ccccc2cc1S(=O)(=O)O. The van der Waals surface area contributed by atoms with E-state index in [4.69, 9.17) is 4.18 Å². The van der Waals surface area contributed by atoms with Crippen molar-refractivity contribution in [2.75, 3.05) is 0 Å². The Labute approximate surface area is 164 Å². The zero-order valence-electron chi connectivity index (χ0n) is 14.3. The van der Waals surface area contributed by atoms with Crippen LogP contribution in [-0.4, -0.2) is 44.0 Å². The van der Waals surface area contributed by atoms with Crippen molar-refractivity contribution in [3.05, 3.63) is 65.7 Å². The number of fused-ring (bicyclic) bond motifs is 2. The third-order valence-electron chi connectivity index (χ3n) is 4.33. The van der Waals surface area contributed by atoms with Crippen LogP contribution >= 0.6 is 0 Å². The summed E-state index contributed by atoms with van der Waals surface area (Å²) in [7, 11) is -10.0. The van der Waals surface area contributed by atoms with Crippen molar-refractivity contribution in [2.24, 2.45) is 0 Å². The lowest BCUT2D eigenvalue weighted by Gasteiger charge is -2.12.